The van der Waals surface area contributed by atoms with Gasteiger partial charge in [0.1, 0.15) is 33.6 Å². The van der Waals surface area contributed by atoms with Crippen molar-refractivity contribution in [3.05, 3.63) is 22.4 Å². The highest BCUT2D eigenvalue weighted by Crippen LogP contribution is 2.22. The number of carbonyl (C=O) groups is 4. The van der Waals surface area contributed by atoms with Gasteiger partial charge in [-0.1, -0.05) is 0 Å². The van der Waals surface area contributed by atoms with Gasteiger partial charge in [0.15, 0.2) is 0 Å². The Bertz CT molecular complexity index is 989. The van der Waals surface area contributed by atoms with Crippen molar-refractivity contribution >= 4 is 40.1 Å². The number of hydrogen-bond donors (Lipinski definition) is 3. The highest BCUT2D eigenvalue weighted by atomic mass is 79.9. The van der Waals surface area contributed by atoms with E-state index < -0.39 is 47.4 Å². The number of carbonyl (C=O) groups excluding carboxylic acids is 3. The van der Waals surface area contributed by atoms with Gasteiger partial charge in [-0.3, -0.25) is 14.6 Å². The number of hydrazine groups is 1. The molecule has 0 bridgehead atoms. The number of aromatic nitrogens is 1. The highest BCUT2D eigenvalue weighted by Gasteiger charge is 2.33. The van der Waals surface area contributed by atoms with E-state index in [0.29, 0.717) is 23.1 Å². The van der Waals surface area contributed by atoms with Gasteiger partial charge in [-0.05, 0) is 70.3 Å². The normalized spacial score (nSPS) is 17.1. The molecule has 0 saturated carbocycles. The van der Waals surface area contributed by atoms with Crippen molar-refractivity contribution < 1.29 is 38.5 Å². The van der Waals surface area contributed by atoms with Gasteiger partial charge in [-0.15, -0.1) is 0 Å². The summed E-state index contributed by atoms with van der Waals surface area (Å²) in [6, 6.07) is 0.809. The van der Waals surface area contributed by atoms with Crippen LogP contribution < -0.4 is 15.5 Å². The van der Waals surface area contributed by atoms with Crippen LogP contribution in [0.2, 0.25) is 0 Å². The van der Waals surface area contributed by atoms with Crippen LogP contribution in [0.1, 0.15) is 60.1 Å². The average molecular weight is 573 g/mol. The lowest BCUT2D eigenvalue weighted by molar-refractivity contribution is -0.147. The number of aliphatic carboxylic acids is 1. The molecule has 0 aliphatic carbocycles. The number of carboxylic acid groups (broad SMARTS) is 1. The minimum absolute atomic E-state index is 0.0991. The molecule has 3 N–H and O–H groups in total. The molecule has 1 aliphatic heterocycles. The largest absolute Gasteiger partial charge is 0.514 e. The van der Waals surface area contributed by atoms with Crippen LogP contribution in [-0.2, 0) is 25.5 Å². The zero-order chi connectivity index (χ0) is 27.3. The van der Waals surface area contributed by atoms with E-state index in [1.165, 1.54) is 17.1 Å². The Morgan fingerprint density at radius 3 is 2.39 bits per heavy atom. The first-order chi connectivity index (χ1) is 16.5. The zero-order valence-electron chi connectivity index (χ0n) is 21.2. The number of pyridine rings is 1. The maximum Gasteiger partial charge on any atom is 0.514 e. The maximum atomic E-state index is 13.3. The lowest BCUT2D eigenvalue weighted by atomic mass is 10.1. The van der Waals surface area contributed by atoms with E-state index >= 15 is 0 Å². The van der Waals surface area contributed by atoms with Gasteiger partial charge in [0.2, 0.25) is 0 Å². The number of amides is 2. The molecule has 0 spiro atoms. The Morgan fingerprint density at radius 2 is 1.81 bits per heavy atom. The number of halogens is 1. The number of nitrogens with zero attached hydrogens (tertiary/aromatic N) is 2. The Labute approximate surface area is 218 Å². The van der Waals surface area contributed by atoms with E-state index in [9.17, 15) is 24.3 Å². The summed E-state index contributed by atoms with van der Waals surface area (Å²) < 4.78 is 16.0. The third-order valence-electron chi connectivity index (χ3n) is 4.56. The van der Waals surface area contributed by atoms with Crippen LogP contribution in [0.25, 0.3) is 0 Å². The summed E-state index contributed by atoms with van der Waals surface area (Å²) in [4.78, 5) is 53.6. The minimum atomic E-state index is -1.16. The predicted octanol–water partition coefficient (Wildman–Crippen LogP) is 3.17. The van der Waals surface area contributed by atoms with Crippen LogP contribution in [0.5, 0.6) is 5.75 Å². The van der Waals surface area contributed by atoms with Crippen LogP contribution in [0.15, 0.2) is 16.7 Å². The average Bonchev–Trinajstić information content (AvgIpc) is 2.69. The third-order valence-corrected chi connectivity index (χ3v) is 4.97. The molecule has 2 heterocycles. The fourth-order valence-electron chi connectivity index (χ4n) is 3.23. The summed E-state index contributed by atoms with van der Waals surface area (Å²) >= 11 is 3.25. The summed E-state index contributed by atoms with van der Waals surface area (Å²) in [7, 11) is 0. The van der Waals surface area contributed by atoms with Gasteiger partial charge in [-0.2, -0.15) is 0 Å². The number of nitrogens with one attached hydrogen (secondary N) is 2. The van der Waals surface area contributed by atoms with Crippen molar-refractivity contribution in [3.8, 4) is 5.75 Å². The van der Waals surface area contributed by atoms with Crippen molar-refractivity contribution in [2.24, 2.45) is 0 Å². The van der Waals surface area contributed by atoms with E-state index in [2.05, 4.69) is 31.7 Å². The van der Waals surface area contributed by atoms with Gasteiger partial charge < -0.3 is 24.6 Å². The summed E-state index contributed by atoms with van der Waals surface area (Å²) in [5.41, 5.74) is 1.43. The molecule has 13 heteroatoms. The maximum absolute atomic E-state index is 13.3. The third kappa shape index (κ3) is 9.97. The van der Waals surface area contributed by atoms with Crippen molar-refractivity contribution in [2.75, 3.05) is 6.54 Å². The zero-order valence-corrected chi connectivity index (χ0v) is 22.8. The number of rotatable bonds is 6. The second-order valence-corrected chi connectivity index (χ2v) is 11.1. The second-order valence-electron chi connectivity index (χ2n) is 10.2. The first-order valence-corrected chi connectivity index (χ1v) is 12.2. The molecule has 1 saturated heterocycles. The summed E-state index contributed by atoms with van der Waals surface area (Å²) in [6.45, 7) is 10.4. The molecule has 200 valence electrons. The fraction of sp³-hybridized carbons (Fsp3) is 0.609. The molecule has 1 fully saturated rings. The molecule has 1 aliphatic rings. The summed E-state index contributed by atoms with van der Waals surface area (Å²) in [5.74, 6) is -1.53. The van der Waals surface area contributed by atoms with Crippen LogP contribution in [0, 0.1) is 0 Å². The molecule has 2 atom stereocenters. The van der Waals surface area contributed by atoms with Gasteiger partial charge in [0, 0.05) is 30.8 Å². The quantitative estimate of drug-likeness (QED) is 0.341. The van der Waals surface area contributed by atoms with E-state index in [0.717, 1.165) is 0 Å². The number of alkyl carbamates (subject to hydrolysis) is 1. The van der Waals surface area contributed by atoms with E-state index in [-0.39, 0.29) is 18.7 Å². The number of ether oxygens (including phenoxy) is 3. The first kappa shape index (κ1) is 29.3. The Morgan fingerprint density at radius 1 is 1.17 bits per heavy atom. The predicted molar refractivity (Wildman–Crippen MR) is 131 cm³/mol. The minimum Gasteiger partial charge on any atom is -0.480 e. The second kappa shape index (κ2) is 11.9. The molecular formula is C23H33BrN4O8. The lowest BCUT2D eigenvalue weighted by Crippen LogP contribution is -2.60. The van der Waals surface area contributed by atoms with Gasteiger partial charge in [-0.25, -0.2) is 20.0 Å². The molecule has 2 unspecified atom stereocenters. The smallest absolute Gasteiger partial charge is 0.480 e. The van der Waals surface area contributed by atoms with Crippen molar-refractivity contribution in [1.29, 1.82) is 0 Å². The summed E-state index contributed by atoms with van der Waals surface area (Å²) in [6.07, 6.45) is -1.01. The van der Waals surface area contributed by atoms with E-state index in [1.807, 2.05) is 0 Å². The highest BCUT2D eigenvalue weighted by molar-refractivity contribution is 9.10. The molecule has 2 amide bonds. The Hall–Kier alpha value is -2.93. The van der Waals surface area contributed by atoms with Gasteiger partial charge in [0.25, 0.3) is 5.91 Å². The molecule has 12 nitrogen and oxygen atoms in total. The van der Waals surface area contributed by atoms with E-state index in [4.69, 9.17) is 14.2 Å². The van der Waals surface area contributed by atoms with Crippen LogP contribution in [0.3, 0.4) is 0 Å². The van der Waals surface area contributed by atoms with Crippen molar-refractivity contribution in [2.45, 2.75) is 84.1 Å². The Balaban J connectivity index is 2.27. The van der Waals surface area contributed by atoms with E-state index in [1.54, 1.807) is 41.5 Å². The van der Waals surface area contributed by atoms with Gasteiger partial charge in [0.05, 0.1) is 0 Å². The fourth-order valence-corrected chi connectivity index (χ4v) is 3.68. The topological polar surface area (TPSA) is 156 Å². The molecule has 1 aromatic rings. The monoisotopic (exact) mass is 572 g/mol. The van der Waals surface area contributed by atoms with Crippen molar-refractivity contribution in [3.63, 3.8) is 0 Å². The summed E-state index contributed by atoms with van der Waals surface area (Å²) in [5, 5.41) is 13.1. The van der Waals surface area contributed by atoms with Crippen LogP contribution in [0.4, 0.5) is 9.59 Å². The van der Waals surface area contributed by atoms with Crippen LogP contribution >= 0.6 is 15.9 Å². The standard InChI is InChI=1S/C23H33BrN4O8/c1-22(2,3)35-20(32)26-16(18(29)28-9-7-8-15(27-28)19(30)31)11-13-10-14(12-17(24)25-13)34-21(33)36-23(4,5)6/h10,12,15-16,27H,7-9,11H2,1-6H3,(H,26,32)(H,30,31). The Kier molecular flexibility index (Phi) is 9.66. The van der Waals surface area contributed by atoms with Crippen LogP contribution in [-0.4, -0.2) is 69.1 Å². The molecule has 0 aromatic carbocycles. The molecule has 1 aromatic heterocycles. The lowest BCUT2D eigenvalue weighted by Gasteiger charge is -2.34. The molecule has 36 heavy (non-hydrogen) atoms. The SMILES string of the molecule is CC(C)(C)OC(=O)NC(Cc1cc(OC(=O)OC(C)(C)C)cc(Br)n1)C(=O)N1CCCC(C(=O)O)N1. The van der Waals surface area contributed by atoms with Gasteiger partial charge >= 0.3 is 18.2 Å². The molecule has 0 radical (unpaired) electrons. The molecule has 2 rings (SSSR count). The molecular weight excluding hydrogens is 540 g/mol. The number of hydrogen-bond acceptors (Lipinski definition) is 9. The first-order valence-electron chi connectivity index (χ1n) is 11.4. The number of carboxylic acids is 1. The van der Waals surface area contributed by atoms with Crippen molar-refractivity contribution in [1.82, 2.24) is 20.7 Å².